The molecule has 0 spiro atoms. The highest BCUT2D eigenvalue weighted by Gasteiger charge is 2.23. The predicted molar refractivity (Wildman–Crippen MR) is 75.5 cm³/mol. The molecule has 2 aromatic rings. The summed E-state index contributed by atoms with van der Waals surface area (Å²) in [5.41, 5.74) is 5.15. The van der Waals surface area contributed by atoms with Gasteiger partial charge in [-0.05, 0) is 43.2 Å². The van der Waals surface area contributed by atoms with E-state index >= 15 is 0 Å². The molecule has 3 rings (SSSR count). The standard InChI is InChI=1S/C16H19NO2/c1-3-19-14-5-4-12-8-13-6-7-17(10-11(2)18)16(13)15(12)9-14/h4-7,9,11,18H,3,8,10H2,1-2H3. The molecular weight excluding hydrogens is 238 g/mol. The number of hydrogen-bond donors (Lipinski definition) is 1. The minimum atomic E-state index is -0.337. The molecule has 1 aliphatic rings. The highest BCUT2D eigenvalue weighted by molar-refractivity contribution is 5.75. The molecule has 3 nitrogen and oxygen atoms in total. The molecule has 1 N–H and O–H groups in total. The van der Waals surface area contributed by atoms with Gasteiger partial charge in [-0.25, -0.2) is 0 Å². The van der Waals surface area contributed by atoms with Crippen LogP contribution in [-0.2, 0) is 13.0 Å². The number of nitrogens with zero attached hydrogens (tertiary/aromatic N) is 1. The molecule has 0 fully saturated rings. The van der Waals surface area contributed by atoms with Crippen LogP contribution in [0.4, 0.5) is 0 Å². The van der Waals surface area contributed by atoms with E-state index in [1.54, 1.807) is 0 Å². The second kappa shape index (κ2) is 4.74. The second-order valence-electron chi connectivity index (χ2n) is 5.12. The summed E-state index contributed by atoms with van der Waals surface area (Å²) < 4.78 is 7.73. The Bertz CT molecular complexity index is 599. The molecule has 0 amide bonds. The van der Waals surface area contributed by atoms with Crippen LogP contribution in [0.5, 0.6) is 5.75 Å². The van der Waals surface area contributed by atoms with Crippen LogP contribution in [0.15, 0.2) is 30.5 Å². The van der Waals surface area contributed by atoms with E-state index in [0.717, 1.165) is 12.2 Å². The summed E-state index contributed by atoms with van der Waals surface area (Å²) in [5, 5.41) is 9.60. The quantitative estimate of drug-likeness (QED) is 0.780. The van der Waals surface area contributed by atoms with E-state index < -0.39 is 0 Å². The number of ether oxygens (including phenoxy) is 1. The smallest absolute Gasteiger partial charge is 0.119 e. The highest BCUT2D eigenvalue weighted by atomic mass is 16.5. The van der Waals surface area contributed by atoms with Gasteiger partial charge >= 0.3 is 0 Å². The zero-order valence-electron chi connectivity index (χ0n) is 11.4. The van der Waals surface area contributed by atoms with Crippen LogP contribution >= 0.6 is 0 Å². The summed E-state index contributed by atoms with van der Waals surface area (Å²) in [6.07, 6.45) is 2.70. The molecular formula is C16H19NO2. The molecule has 1 aromatic carbocycles. The van der Waals surface area contributed by atoms with Crippen molar-refractivity contribution in [3.63, 3.8) is 0 Å². The van der Waals surface area contributed by atoms with E-state index in [0.29, 0.717) is 13.2 Å². The number of benzene rings is 1. The average Bonchev–Trinajstić information content (AvgIpc) is 2.89. The number of rotatable bonds is 4. The molecule has 1 unspecified atom stereocenters. The van der Waals surface area contributed by atoms with Crippen LogP contribution in [0, 0.1) is 0 Å². The van der Waals surface area contributed by atoms with Crippen LogP contribution in [0.25, 0.3) is 11.3 Å². The summed E-state index contributed by atoms with van der Waals surface area (Å²) in [6.45, 7) is 5.13. The summed E-state index contributed by atoms with van der Waals surface area (Å²) >= 11 is 0. The van der Waals surface area contributed by atoms with Gasteiger partial charge < -0.3 is 14.4 Å². The fraction of sp³-hybridized carbons (Fsp3) is 0.375. The first-order valence-corrected chi connectivity index (χ1v) is 6.81. The predicted octanol–water partition coefficient (Wildman–Crippen LogP) is 2.84. The largest absolute Gasteiger partial charge is 0.494 e. The number of aliphatic hydroxyl groups excluding tert-OH is 1. The Hall–Kier alpha value is -1.74. The van der Waals surface area contributed by atoms with Gasteiger partial charge in [-0.1, -0.05) is 6.07 Å². The number of hydrogen-bond acceptors (Lipinski definition) is 2. The van der Waals surface area contributed by atoms with Crippen LogP contribution in [0.2, 0.25) is 0 Å². The SMILES string of the molecule is CCOc1ccc2c(c1)-c1c(ccn1CC(C)O)C2. The third kappa shape index (κ3) is 2.15. The normalized spacial score (nSPS) is 14.1. The van der Waals surface area contributed by atoms with Gasteiger partial charge in [-0.3, -0.25) is 0 Å². The van der Waals surface area contributed by atoms with Crippen LogP contribution in [-0.4, -0.2) is 22.4 Å². The maximum Gasteiger partial charge on any atom is 0.119 e. The minimum absolute atomic E-state index is 0.337. The van der Waals surface area contributed by atoms with Crippen LogP contribution < -0.4 is 4.74 Å². The van der Waals surface area contributed by atoms with Gasteiger partial charge in [0, 0.05) is 24.7 Å². The molecule has 0 saturated heterocycles. The Morgan fingerprint density at radius 2 is 2.16 bits per heavy atom. The minimum Gasteiger partial charge on any atom is -0.494 e. The zero-order valence-corrected chi connectivity index (χ0v) is 11.4. The average molecular weight is 257 g/mol. The Morgan fingerprint density at radius 3 is 2.89 bits per heavy atom. The van der Waals surface area contributed by atoms with Crippen molar-refractivity contribution in [3.05, 3.63) is 41.6 Å². The molecule has 19 heavy (non-hydrogen) atoms. The number of fused-ring (bicyclic) bond motifs is 3. The lowest BCUT2D eigenvalue weighted by molar-refractivity contribution is 0.174. The molecule has 1 atom stereocenters. The van der Waals surface area contributed by atoms with Gasteiger partial charge in [0.15, 0.2) is 0 Å². The molecule has 0 bridgehead atoms. The van der Waals surface area contributed by atoms with Crippen molar-refractivity contribution in [3.8, 4) is 17.0 Å². The summed E-state index contributed by atoms with van der Waals surface area (Å²) in [6, 6.07) is 8.45. The third-order valence-corrected chi connectivity index (χ3v) is 3.54. The van der Waals surface area contributed by atoms with Crippen molar-refractivity contribution >= 4 is 0 Å². The Balaban J connectivity index is 2.03. The lowest BCUT2D eigenvalue weighted by Crippen LogP contribution is -2.11. The zero-order chi connectivity index (χ0) is 13.4. The lowest BCUT2D eigenvalue weighted by atomic mass is 10.1. The van der Waals surface area contributed by atoms with E-state index in [1.807, 2.05) is 19.9 Å². The molecule has 1 aliphatic carbocycles. The van der Waals surface area contributed by atoms with Gasteiger partial charge in [-0.15, -0.1) is 0 Å². The fourth-order valence-electron chi connectivity index (χ4n) is 2.82. The van der Waals surface area contributed by atoms with Gasteiger partial charge in [0.05, 0.1) is 18.4 Å². The number of aliphatic hydroxyl groups is 1. The Labute approximate surface area is 113 Å². The van der Waals surface area contributed by atoms with Gasteiger partial charge in [0.25, 0.3) is 0 Å². The molecule has 3 heteroatoms. The van der Waals surface area contributed by atoms with Crippen molar-refractivity contribution in [1.29, 1.82) is 0 Å². The van der Waals surface area contributed by atoms with Crippen LogP contribution in [0.3, 0.4) is 0 Å². The first-order chi connectivity index (χ1) is 9.19. The lowest BCUT2D eigenvalue weighted by Gasteiger charge is -2.12. The molecule has 1 aromatic heterocycles. The van der Waals surface area contributed by atoms with E-state index in [2.05, 4.69) is 29.0 Å². The maximum atomic E-state index is 9.60. The highest BCUT2D eigenvalue weighted by Crippen LogP contribution is 2.39. The Morgan fingerprint density at radius 1 is 1.32 bits per heavy atom. The van der Waals surface area contributed by atoms with E-state index in [4.69, 9.17) is 4.74 Å². The topological polar surface area (TPSA) is 34.4 Å². The monoisotopic (exact) mass is 257 g/mol. The van der Waals surface area contributed by atoms with E-state index in [9.17, 15) is 5.11 Å². The first-order valence-electron chi connectivity index (χ1n) is 6.81. The molecule has 0 radical (unpaired) electrons. The van der Waals surface area contributed by atoms with Crippen molar-refractivity contribution in [1.82, 2.24) is 4.57 Å². The molecule has 0 aliphatic heterocycles. The molecule has 1 heterocycles. The van der Waals surface area contributed by atoms with Crippen molar-refractivity contribution in [2.24, 2.45) is 0 Å². The Kier molecular flexibility index (Phi) is 3.07. The summed E-state index contributed by atoms with van der Waals surface area (Å²) in [7, 11) is 0. The van der Waals surface area contributed by atoms with Crippen LogP contribution in [0.1, 0.15) is 25.0 Å². The fourth-order valence-corrected chi connectivity index (χ4v) is 2.82. The van der Waals surface area contributed by atoms with Gasteiger partial charge in [0.2, 0.25) is 0 Å². The van der Waals surface area contributed by atoms with Crippen molar-refractivity contribution in [2.75, 3.05) is 6.61 Å². The van der Waals surface area contributed by atoms with E-state index in [-0.39, 0.29) is 6.10 Å². The summed E-state index contributed by atoms with van der Waals surface area (Å²) in [5.74, 6) is 0.916. The molecule has 0 saturated carbocycles. The van der Waals surface area contributed by atoms with Crippen molar-refractivity contribution < 1.29 is 9.84 Å². The number of aromatic nitrogens is 1. The second-order valence-corrected chi connectivity index (χ2v) is 5.12. The van der Waals surface area contributed by atoms with Gasteiger partial charge in [-0.2, -0.15) is 0 Å². The molecule has 100 valence electrons. The maximum absolute atomic E-state index is 9.60. The van der Waals surface area contributed by atoms with E-state index in [1.165, 1.54) is 22.4 Å². The third-order valence-electron chi connectivity index (χ3n) is 3.54. The first kappa shape index (κ1) is 12.3. The summed E-state index contributed by atoms with van der Waals surface area (Å²) in [4.78, 5) is 0. The van der Waals surface area contributed by atoms with Crippen molar-refractivity contribution in [2.45, 2.75) is 32.9 Å². The van der Waals surface area contributed by atoms with Gasteiger partial charge in [0.1, 0.15) is 5.75 Å².